The molecule has 0 saturated heterocycles. The third-order valence-electron chi connectivity index (χ3n) is 14.1. The number of hydrogen-bond acceptors (Lipinski definition) is 2. The molecule has 0 bridgehead atoms. The fraction of sp³-hybridized carbons (Fsp3) is 0.189. The molecular weight excluding hydrogens is 1160 g/mol. The van der Waals surface area contributed by atoms with Crippen molar-refractivity contribution >= 4 is 32.8 Å². The summed E-state index contributed by atoms with van der Waals surface area (Å²) in [7, 11) is 0. The molecule has 0 unspecified atom stereocenters. The van der Waals surface area contributed by atoms with Crippen molar-refractivity contribution in [3.63, 3.8) is 0 Å². The number of benzene rings is 9. The van der Waals surface area contributed by atoms with Crippen molar-refractivity contribution < 1.29 is 56.4 Å². The van der Waals surface area contributed by atoms with Crippen LogP contribution in [0.5, 0.6) is 11.5 Å². The maximum absolute atomic E-state index is 10.4. The number of nitrogens with zero attached hydrogens (tertiary/aromatic N) is 4. The van der Waals surface area contributed by atoms with Crippen molar-refractivity contribution in [1.82, 2.24) is 14.1 Å². The van der Waals surface area contributed by atoms with Crippen molar-refractivity contribution in [3.05, 3.63) is 246 Å². The molecule has 0 aliphatic heterocycles. The molecule has 9 aromatic carbocycles. The first kappa shape index (κ1) is 35.5. The number of aromatic nitrogens is 4. The molecule has 400 valence electrons. The van der Waals surface area contributed by atoms with Crippen LogP contribution in [0.25, 0.3) is 94.5 Å². The van der Waals surface area contributed by atoms with E-state index in [1.807, 2.05) is 88.6 Å². The Kier molecular flexibility index (Phi) is 9.25. The average Bonchev–Trinajstić information content (AvgIpc) is 1.34. The Morgan fingerprint density at radius 2 is 1.20 bits per heavy atom. The van der Waals surface area contributed by atoms with Crippen LogP contribution >= 0.6 is 0 Å². The Bertz CT molecular complexity index is 5150. The predicted molar refractivity (Wildman–Crippen MR) is 327 cm³/mol. The summed E-state index contributed by atoms with van der Waals surface area (Å²) in [4.78, 5) is 4.83. The van der Waals surface area contributed by atoms with Gasteiger partial charge in [-0.05, 0) is 156 Å². The second-order valence-corrected chi connectivity index (χ2v) is 22.7. The van der Waals surface area contributed by atoms with Crippen LogP contribution in [0.2, 0.25) is 0 Å². The first-order valence-electron chi connectivity index (χ1n) is 35.5. The number of imidazole rings is 1. The Balaban J connectivity index is 0.00000990. The van der Waals surface area contributed by atoms with Gasteiger partial charge in [-0.2, -0.15) is 18.2 Å². The van der Waals surface area contributed by atoms with Crippen LogP contribution in [-0.4, -0.2) is 14.1 Å². The number of rotatable bonds is 9. The fourth-order valence-corrected chi connectivity index (χ4v) is 10.1. The minimum absolute atomic E-state index is 0. The molecular formula is C74H66N4OPt-2. The largest absolute Gasteiger partial charge is 0.510 e. The Labute approximate surface area is 513 Å². The van der Waals surface area contributed by atoms with Gasteiger partial charge in [0.05, 0.1) is 34.5 Å². The zero-order valence-electron chi connectivity index (χ0n) is 64.6. The Morgan fingerprint density at radius 1 is 0.550 bits per heavy atom. The topological polar surface area (TPSA) is 35.9 Å². The normalized spacial score (nSPS) is 15.8. The van der Waals surface area contributed by atoms with Gasteiger partial charge in [0, 0.05) is 52.5 Å². The monoisotopic (exact) mass is 1240 g/mol. The van der Waals surface area contributed by atoms with Crippen LogP contribution in [0.1, 0.15) is 116 Å². The van der Waals surface area contributed by atoms with E-state index in [4.69, 9.17) is 26.2 Å². The molecule has 3 heterocycles. The Morgan fingerprint density at radius 3 is 1.86 bits per heavy atom. The molecule has 0 atom stereocenters. The van der Waals surface area contributed by atoms with Gasteiger partial charge in [0.15, 0.2) is 0 Å². The minimum Gasteiger partial charge on any atom is -0.510 e. The standard InChI is InChI=1S/C74H66N4O.Pt/c1-48-22-20-23-49(2)70(48)52-32-35-66-68(41-52)76(58-28-21-29-59(45-58)79-60-33-34-62-61-30-18-19-31-65(61)78(67(62)46-60)69-44-56(36-37-75-69)72(3,4)5)47-77(66)71-63(42-57(73(6,7)8)43-64(71)74(9,10)11)55-39-53(50-24-14-12-15-25-50)38-54(40-55)51-26-16-13-17-27-51;/h12-44H,1-11H3;/q-2;/i1D3,2D3,12D,13D,14D,15D,16D,17D,24D,25D,26D,27D,38D,39D,40D;. The number of ether oxygens (including phenoxy) is 1. The third kappa shape index (κ3) is 10.1. The summed E-state index contributed by atoms with van der Waals surface area (Å²) in [6.45, 7) is 12.5. The quantitative estimate of drug-likeness (QED) is 0.107. The Hall–Kier alpha value is -8.11. The van der Waals surface area contributed by atoms with E-state index in [1.165, 1.54) is 18.2 Å². The fourth-order valence-electron chi connectivity index (χ4n) is 10.1. The van der Waals surface area contributed by atoms with Gasteiger partial charge in [-0.3, -0.25) is 4.57 Å². The first-order valence-corrected chi connectivity index (χ1v) is 26.0. The van der Waals surface area contributed by atoms with Crippen molar-refractivity contribution in [2.24, 2.45) is 0 Å². The molecule has 0 spiro atoms. The number of hydrogen-bond donors (Lipinski definition) is 0. The van der Waals surface area contributed by atoms with Crippen molar-refractivity contribution in [2.75, 3.05) is 0 Å². The van der Waals surface area contributed by atoms with Crippen LogP contribution in [-0.2, 0) is 37.3 Å². The summed E-state index contributed by atoms with van der Waals surface area (Å²) in [5.74, 6) is 1.21. The summed E-state index contributed by atoms with van der Waals surface area (Å²) in [5, 5.41) is 1.87. The molecule has 3 aromatic heterocycles. The molecule has 0 radical (unpaired) electrons. The first-order chi connectivity index (χ1) is 45.7. The number of para-hydroxylation sites is 1. The van der Waals surface area contributed by atoms with Gasteiger partial charge in [-0.15, -0.1) is 29.7 Å². The zero-order valence-corrected chi connectivity index (χ0v) is 47.8. The molecule has 12 aromatic rings. The molecule has 0 fully saturated rings. The van der Waals surface area contributed by atoms with E-state index in [1.54, 1.807) is 63.9 Å². The second-order valence-electron chi connectivity index (χ2n) is 22.7. The average molecular weight is 1240 g/mol. The van der Waals surface area contributed by atoms with Crippen molar-refractivity contribution in [2.45, 2.75) is 92.3 Å². The molecule has 5 nitrogen and oxygen atoms in total. The van der Waals surface area contributed by atoms with E-state index in [0.717, 1.165) is 21.9 Å². The van der Waals surface area contributed by atoms with E-state index < -0.39 is 125 Å². The van der Waals surface area contributed by atoms with Gasteiger partial charge in [0.1, 0.15) is 5.82 Å². The molecule has 0 aliphatic rings. The maximum atomic E-state index is 10.4. The smallest absolute Gasteiger partial charge is 0.268 e. The molecule has 80 heavy (non-hydrogen) atoms. The number of fused-ring (bicyclic) bond motifs is 4. The summed E-state index contributed by atoms with van der Waals surface area (Å²) in [5.41, 5.74) is 0.297. The van der Waals surface area contributed by atoms with Gasteiger partial charge >= 0.3 is 0 Å². The van der Waals surface area contributed by atoms with Gasteiger partial charge in [0.25, 0.3) is 6.33 Å². The van der Waals surface area contributed by atoms with Gasteiger partial charge in [0.2, 0.25) is 0 Å². The van der Waals surface area contributed by atoms with Gasteiger partial charge < -0.3 is 13.9 Å². The van der Waals surface area contributed by atoms with E-state index in [0.29, 0.717) is 44.9 Å². The van der Waals surface area contributed by atoms with Crippen molar-refractivity contribution in [1.29, 1.82) is 0 Å². The van der Waals surface area contributed by atoms with Crippen LogP contribution in [0.15, 0.2) is 200 Å². The second kappa shape index (κ2) is 20.8. The maximum Gasteiger partial charge on any atom is 0.268 e. The number of aryl methyl sites for hydroxylation is 2. The molecule has 6 heteroatoms. The summed E-state index contributed by atoms with van der Waals surface area (Å²) in [6, 6.07) is 30.5. The molecule has 0 N–H and O–H groups in total. The minimum atomic E-state index is -2.80. The van der Waals surface area contributed by atoms with Crippen LogP contribution in [0.3, 0.4) is 0 Å². The molecule has 0 saturated carbocycles. The van der Waals surface area contributed by atoms with E-state index in [2.05, 4.69) is 45.3 Å². The van der Waals surface area contributed by atoms with E-state index >= 15 is 0 Å². The summed E-state index contributed by atoms with van der Waals surface area (Å²) < 4.78 is 184. The van der Waals surface area contributed by atoms with Crippen LogP contribution in [0, 0.1) is 32.2 Å². The van der Waals surface area contributed by atoms with Crippen LogP contribution < -0.4 is 9.30 Å². The van der Waals surface area contributed by atoms with E-state index in [9.17, 15) is 9.60 Å². The molecule has 0 amide bonds. The molecule has 12 rings (SSSR count). The summed E-state index contributed by atoms with van der Waals surface area (Å²) >= 11 is 0. The third-order valence-corrected chi connectivity index (χ3v) is 14.1. The van der Waals surface area contributed by atoms with Gasteiger partial charge in [-0.25, -0.2) is 4.98 Å². The number of pyridine rings is 1. The SMILES string of the molecule is [2H]c1c([2H])c([2H])c(-c2c([2H])c(-c3cc(C(C)(C)C)cc(C(C)(C)C)c3-[n+]3[c-]n(-c4[c-]c(Oc5[c-]c6c(cc5)c5ccccc5n6-c5cc(C(C)(C)C)ccn5)ccc4)c4cc(-c5c(C([2H])([2H])[2H])cccc5C([2H])([2H])[2H])ccc43)c([2H])c(-c3c([2H])c([2H])c([2H])c([2H])c3[2H])c2[2H])c([2H])c1[2H].[Pt]. The zero-order chi connectivity index (χ0) is 71.3. The van der Waals surface area contributed by atoms with Crippen LogP contribution in [0.4, 0.5) is 0 Å². The van der Waals surface area contributed by atoms with Crippen molar-refractivity contribution in [3.8, 4) is 73.2 Å². The predicted octanol–water partition coefficient (Wildman–Crippen LogP) is 18.8. The summed E-state index contributed by atoms with van der Waals surface area (Å²) in [6.07, 6.45) is 5.34. The van der Waals surface area contributed by atoms with E-state index in [-0.39, 0.29) is 71.3 Å². The van der Waals surface area contributed by atoms with Gasteiger partial charge in [-0.1, -0.05) is 189 Å². The molecule has 0 aliphatic carbocycles.